The van der Waals surface area contributed by atoms with Gasteiger partial charge in [-0.2, -0.15) is 0 Å². The molecular weight excluding hydrogens is 220 g/mol. The number of nitrogens with zero attached hydrogens (tertiary/aromatic N) is 1. The molecule has 1 unspecified atom stereocenters. The highest BCUT2D eigenvalue weighted by molar-refractivity contribution is 5.97. The van der Waals surface area contributed by atoms with Crippen LogP contribution in [0.3, 0.4) is 0 Å². The first kappa shape index (κ1) is 13.1. The van der Waals surface area contributed by atoms with E-state index in [1.165, 1.54) is 7.05 Å². The monoisotopic (exact) mass is 238 g/mol. The van der Waals surface area contributed by atoms with E-state index in [0.717, 1.165) is 11.4 Å². The Morgan fingerprint density at radius 2 is 1.76 bits per heavy atom. The summed E-state index contributed by atoms with van der Waals surface area (Å²) in [6, 6.07) is 2.89. The maximum Gasteiger partial charge on any atom is 0.321 e. The largest absolute Gasteiger partial charge is 0.341 e. The van der Waals surface area contributed by atoms with Crippen LogP contribution in [0.25, 0.3) is 0 Å². The van der Waals surface area contributed by atoms with Crippen LogP contribution in [0, 0.1) is 13.8 Å². The molecule has 1 heterocycles. The van der Waals surface area contributed by atoms with Crippen LogP contribution < -0.4 is 16.1 Å². The van der Waals surface area contributed by atoms with E-state index in [2.05, 4.69) is 16.1 Å². The normalized spacial score (nSPS) is 11.8. The second-order valence-corrected chi connectivity index (χ2v) is 3.87. The molecule has 1 atom stereocenters. The van der Waals surface area contributed by atoms with Gasteiger partial charge in [-0.1, -0.05) is 0 Å². The van der Waals surface area contributed by atoms with E-state index in [-0.39, 0.29) is 5.91 Å². The van der Waals surface area contributed by atoms with Gasteiger partial charge in [-0.25, -0.2) is 4.79 Å². The Bertz CT molecular complexity index is 406. The molecule has 6 nitrogen and oxygen atoms in total. The number of aromatic nitrogens is 1. The van der Waals surface area contributed by atoms with E-state index in [1.807, 2.05) is 30.7 Å². The summed E-state index contributed by atoms with van der Waals surface area (Å²) in [5.74, 6) is -0.378. The van der Waals surface area contributed by atoms with Crippen molar-refractivity contribution in [2.75, 3.05) is 12.5 Å². The Morgan fingerprint density at radius 1 is 1.24 bits per heavy atom. The summed E-state index contributed by atoms with van der Waals surface area (Å²) in [4.78, 5) is 22.6. The lowest BCUT2D eigenvalue weighted by molar-refractivity contribution is -0.120. The molecule has 17 heavy (non-hydrogen) atoms. The van der Waals surface area contributed by atoms with Gasteiger partial charge in [0.1, 0.15) is 6.04 Å². The SMILES string of the molecule is CNC(=O)NC(=O)C(C)Nn1c(C)ccc1C. The summed E-state index contributed by atoms with van der Waals surface area (Å²) in [7, 11) is 1.46. The van der Waals surface area contributed by atoms with Gasteiger partial charge in [0, 0.05) is 18.4 Å². The van der Waals surface area contributed by atoms with Crippen molar-refractivity contribution in [2.24, 2.45) is 0 Å². The first-order valence-corrected chi connectivity index (χ1v) is 5.39. The predicted octanol–water partition coefficient (Wildman–Crippen LogP) is 0.493. The molecule has 0 radical (unpaired) electrons. The Labute approximate surface area is 100 Å². The number of aryl methyl sites for hydroxylation is 2. The van der Waals surface area contributed by atoms with Crippen LogP contribution in [0.15, 0.2) is 12.1 Å². The molecule has 0 spiro atoms. The number of amides is 3. The lowest BCUT2D eigenvalue weighted by Crippen LogP contribution is -2.46. The maximum atomic E-state index is 11.6. The summed E-state index contributed by atoms with van der Waals surface area (Å²) in [6.45, 7) is 5.56. The third kappa shape index (κ3) is 3.24. The minimum absolute atomic E-state index is 0.378. The van der Waals surface area contributed by atoms with Crippen molar-refractivity contribution < 1.29 is 9.59 Å². The van der Waals surface area contributed by atoms with Gasteiger partial charge in [-0.15, -0.1) is 0 Å². The molecule has 0 saturated heterocycles. The summed E-state index contributed by atoms with van der Waals surface area (Å²) < 4.78 is 1.81. The summed E-state index contributed by atoms with van der Waals surface area (Å²) in [5.41, 5.74) is 5.02. The molecule has 1 aromatic heterocycles. The summed E-state index contributed by atoms with van der Waals surface area (Å²) in [5, 5.41) is 4.54. The van der Waals surface area contributed by atoms with Gasteiger partial charge < -0.3 is 10.7 Å². The summed E-state index contributed by atoms with van der Waals surface area (Å²) in [6.07, 6.45) is 0. The molecule has 1 aromatic rings. The van der Waals surface area contributed by atoms with E-state index in [9.17, 15) is 9.59 Å². The molecule has 0 aliphatic carbocycles. The van der Waals surface area contributed by atoms with E-state index in [1.54, 1.807) is 6.92 Å². The Hall–Kier alpha value is -1.98. The number of hydrogen-bond donors (Lipinski definition) is 3. The molecule has 0 aromatic carbocycles. The first-order valence-electron chi connectivity index (χ1n) is 5.39. The average Bonchev–Trinajstić information content (AvgIpc) is 2.60. The van der Waals surface area contributed by atoms with E-state index in [4.69, 9.17) is 0 Å². The van der Waals surface area contributed by atoms with Crippen molar-refractivity contribution in [3.05, 3.63) is 23.5 Å². The van der Waals surface area contributed by atoms with Gasteiger partial charge in [-0.05, 0) is 32.9 Å². The molecule has 94 valence electrons. The molecule has 0 aliphatic heterocycles. The number of imide groups is 1. The lowest BCUT2D eigenvalue weighted by Gasteiger charge is -2.18. The molecule has 3 amide bonds. The van der Waals surface area contributed by atoms with E-state index < -0.39 is 12.1 Å². The van der Waals surface area contributed by atoms with Crippen molar-refractivity contribution in [1.29, 1.82) is 0 Å². The zero-order valence-electron chi connectivity index (χ0n) is 10.5. The number of carbonyl (C=O) groups excluding carboxylic acids is 2. The maximum absolute atomic E-state index is 11.6. The fraction of sp³-hybridized carbons (Fsp3) is 0.455. The number of carbonyl (C=O) groups is 2. The third-order valence-electron chi connectivity index (χ3n) is 2.45. The van der Waals surface area contributed by atoms with Gasteiger partial charge >= 0.3 is 6.03 Å². The van der Waals surface area contributed by atoms with Crippen molar-refractivity contribution in [1.82, 2.24) is 15.3 Å². The second-order valence-electron chi connectivity index (χ2n) is 3.87. The van der Waals surface area contributed by atoms with Crippen LogP contribution in [-0.2, 0) is 4.79 Å². The second kappa shape index (κ2) is 5.38. The van der Waals surface area contributed by atoms with Crippen LogP contribution >= 0.6 is 0 Å². The molecule has 0 saturated carbocycles. The molecule has 0 fully saturated rings. The van der Waals surface area contributed by atoms with Crippen molar-refractivity contribution in [3.63, 3.8) is 0 Å². The number of hydrogen-bond acceptors (Lipinski definition) is 3. The highest BCUT2D eigenvalue weighted by atomic mass is 16.2. The van der Waals surface area contributed by atoms with Gasteiger partial charge in [0.15, 0.2) is 0 Å². The minimum Gasteiger partial charge on any atom is -0.341 e. The van der Waals surface area contributed by atoms with E-state index >= 15 is 0 Å². The Morgan fingerprint density at radius 3 is 2.24 bits per heavy atom. The van der Waals surface area contributed by atoms with Crippen LogP contribution in [0.4, 0.5) is 4.79 Å². The van der Waals surface area contributed by atoms with Crippen LogP contribution in [0.1, 0.15) is 18.3 Å². The van der Waals surface area contributed by atoms with Gasteiger partial charge in [0.05, 0.1) is 0 Å². The van der Waals surface area contributed by atoms with Crippen LogP contribution in [0.2, 0.25) is 0 Å². The smallest absolute Gasteiger partial charge is 0.321 e. The molecule has 0 aliphatic rings. The van der Waals surface area contributed by atoms with Crippen LogP contribution in [0.5, 0.6) is 0 Å². The Kier molecular flexibility index (Phi) is 4.14. The van der Waals surface area contributed by atoms with E-state index in [0.29, 0.717) is 0 Å². The van der Waals surface area contributed by atoms with Crippen molar-refractivity contribution in [2.45, 2.75) is 26.8 Å². The predicted molar refractivity (Wildman–Crippen MR) is 65.3 cm³/mol. The van der Waals surface area contributed by atoms with Crippen molar-refractivity contribution in [3.8, 4) is 0 Å². The zero-order chi connectivity index (χ0) is 13.0. The quantitative estimate of drug-likeness (QED) is 0.717. The molecule has 6 heteroatoms. The van der Waals surface area contributed by atoms with Crippen molar-refractivity contribution >= 4 is 11.9 Å². The Balaban J connectivity index is 2.63. The van der Waals surface area contributed by atoms with Crippen LogP contribution in [-0.4, -0.2) is 29.7 Å². The van der Waals surface area contributed by atoms with Gasteiger partial charge in [0.25, 0.3) is 5.91 Å². The average molecular weight is 238 g/mol. The zero-order valence-corrected chi connectivity index (χ0v) is 10.5. The summed E-state index contributed by atoms with van der Waals surface area (Å²) >= 11 is 0. The fourth-order valence-electron chi connectivity index (χ4n) is 1.41. The minimum atomic E-state index is -0.510. The molecule has 3 N–H and O–H groups in total. The number of nitrogens with one attached hydrogen (secondary N) is 3. The topological polar surface area (TPSA) is 75.2 Å². The standard InChI is InChI=1S/C11H18N4O2/c1-7-5-6-8(2)15(7)14-9(3)10(16)13-11(17)12-4/h5-6,9,14H,1-4H3,(H2,12,13,16,17). The third-order valence-corrected chi connectivity index (χ3v) is 2.45. The van der Waals surface area contributed by atoms with Gasteiger partial charge in [0.2, 0.25) is 0 Å². The molecule has 1 rings (SSSR count). The molecular formula is C11H18N4O2. The van der Waals surface area contributed by atoms with Gasteiger partial charge in [-0.3, -0.25) is 14.8 Å². The first-order chi connectivity index (χ1) is 7.95. The highest BCUT2D eigenvalue weighted by Gasteiger charge is 2.15. The lowest BCUT2D eigenvalue weighted by atomic mass is 10.3. The number of rotatable bonds is 3. The molecule has 0 bridgehead atoms. The number of urea groups is 1. The fourth-order valence-corrected chi connectivity index (χ4v) is 1.41. The highest BCUT2D eigenvalue weighted by Crippen LogP contribution is 2.04.